The van der Waals surface area contributed by atoms with Crippen LogP contribution in [0.2, 0.25) is 0 Å². The molecule has 0 amide bonds. The van der Waals surface area contributed by atoms with Crippen molar-refractivity contribution in [3.05, 3.63) is 6.33 Å². The van der Waals surface area contributed by atoms with Crippen molar-refractivity contribution in [2.75, 3.05) is 30.7 Å². The molecule has 4 atom stereocenters. The van der Waals surface area contributed by atoms with Gasteiger partial charge in [-0.3, -0.25) is 4.57 Å². The van der Waals surface area contributed by atoms with Crippen LogP contribution in [0.25, 0.3) is 11.2 Å². The Morgan fingerprint density at radius 1 is 1.19 bits per heavy atom. The molecule has 8 N–H and O–H groups in total. The number of aliphatic hydroxyl groups is 3. The highest BCUT2D eigenvalue weighted by Gasteiger charge is 2.44. The van der Waals surface area contributed by atoms with Gasteiger partial charge in [-0.25, -0.2) is 4.98 Å². The van der Waals surface area contributed by atoms with E-state index in [1.54, 1.807) is 0 Å². The number of fused-ring (bicyclic) bond motifs is 1. The quantitative estimate of drug-likeness (QED) is 0.303. The van der Waals surface area contributed by atoms with Crippen molar-refractivity contribution < 1.29 is 20.1 Å². The number of anilines is 2. The summed E-state index contributed by atoms with van der Waals surface area (Å²) in [5.41, 5.74) is 12.2. The molecule has 3 rings (SSSR count). The molecule has 1 aliphatic rings. The normalized spacial score (nSPS) is 25.8. The van der Waals surface area contributed by atoms with Crippen LogP contribution in [-0.4, -0.2) is 72.8 Å². The lowest BCUT2D eigenvalue weighted by Crippen LogP contribution is -2.33. The van der Waals surface area contributed by atoms with Crippen LogP contribution in [-0.2, 0) is 4.74 Å². The number of nitrogens with one attached hydrogen (secondary N) is 1. The third-order valence-corrected chi connectivity index (χ3v) is 4.40. The minimum atomic E-state index is -1.23. The standard InChI is InChI=1S/C15H25N7O4/c16-4-2-1-3-5-18-15-20-12(17)9-13(21-15)22(7-19-9)14-11(25)10(24)8(6-23)26-14/h7-8,10-11,14,23-25H,1-6,16H2,(H3,17,18,20,21)/t8-,10-,11-,14-/m1/s1. The molecule has 0 unspecified atom stereocenters. The van der Waals surface area contributed by atoms with E-state index in [4.69, 9.17) is 16.2 Å². The molecule has 0 spiro atoms. The van der Waals surface area contributed by atoms with E-state index >= 15 is 0 Å². The highest BCUT2D eigenvalue weighted by atomic mass is 16.6. The first-order chi connectivity index (χ1) is 12.6. The molecule has 1 saturated heterocycles. The molecule has 2 aromatic rings. The van der Waals surface area contributed by atoms with E-state index in [1.807, 2.05) is 0 Å². The number of nitrogens with two attached hydrogens (primary N) is 2. The molecule has 0 aromatic carbocycles. The largest absolute Gasteiger partial charge is 0.394 e. The van der Waals surface area contributed by atoms with Crippen LogP contribution in [0, 0.1) is 0 Å². The predicted molar refractivity (Wildman–Crippen MR) is 94.1 cm³/mol. The van der Waals surface area contributed by atoms with Crippen molar-refractivity contribution >= 4 is 22.9 Å². The zero-order valence-electron chi connectivity index (χ0n) is 14.3. The van der Waals surface area contributed by atoms with Gasteiger partial charge in [0, 0.05) is 6.54 Å². The minimum Gasteiger partial charge on any atom is -0.394 e. The lowest BCUT2D eigenvalue weighted by Gasteiger charge is -2.16. The number of ether oxygens (including phenoxy) is 1. The van der Waals surface area contributed by atoms with E-state index in [1.165, 1.54) is 10.9 Å². The highest BCUT2D eigenvalue weighted by molar-refractivity contribution is 5.82. The first kappa shape index (κ1) is 18.7. The first-order valence-electron chi connectivity index (χ1n) is 8.63. The maximum absolute atomic E-state index is 10.2. The Balaban J connectivity index is 1.81. The molecule has 1 aliphatic heterocycles. The maximum Gasteiger partial charge on any atom is 0.226 e. The van der Waals surface area contributed by atoms with Crippen molar-refractivity contribution in [3.63, 3.8) is 0 Å². The molecule has 0 bridgehead atoms. The fourth-order valence-corrected chi connectivity index (χ4v) is 2.96. The molecule has 144 valence electrons. The second-order valence-electron chi connectivity index (χ2n) is 6.26. The molecule has 0 saturated carbocycles. The van der Waals surface area contributed by atoms with Gasteiger partial charge in [0.25, 0.3) is 0 Å². The maximum atomic E-state index is 10.2. The molecule has 11 heteroatoms. The summed E-state index contributed by atoms with van der Waals surface area (Å²) in [6, 6.07) is 0. The van der Waals surface area contributed by atoms with E-state index < -0.39 is 31.1 Å². The number of rotatable bonds is 8. The van der Waals surface area contributed by atoms with Crippen molar-refractivity contribution in [1.29, 1.82) is 0 Å². The van der Waals surface area contributed by atoms with Crippen LogP contribution in [0.1, 0.15) is 25.5 Å². The van der Waals surface area contributed by atoms with Crippen molar-refractivity contribution in [3.8, 4) is 0 Å². The van der Waals surface area contributed by atoms with Gasteiger partial charge in [-0.2, -0.15) is 9.97 Å². The molecule has 0 radical (unpaired) electrons. The van der Waals surface area contributed by atoms with Crippen LogP contribution in [0.3, 0.4) is 0 Å². The summed E-state index contributed by atoms with van der Waals surface area (Å²) >= 11 is 0. The Hall–Kier alpha value is -2.05. The van der Waals surface area contributed by atoms with Gasteiger partial charge < -0.3 is 36.8 Å². The molecule has 1 fully saturated rings. The number of aliphatic hydroxyl groups excluding tert-OH is 3. The first-order valence-corrected chi connectivity index (χ1v) is 8.63. The van der Waals surface area contributed by atoms with Gasteiger partial charge in [0.15, 0.2) is 17.7 Å². The number of unbranched alkanes of at least 4 members (excludes halogenated alkanes) is 2. The summed E-state index contributed by atoms with van der Waals surface area (Å²) in [7, 11) is 0. The van der Waals surface area contributed by atoms with Gasteiger partial charge in [0.05, 0.1) is 12.9 Å². The Bertz CT molecular complexity index is 740. The van der Waals surface area contributed by atoms with Gasteiger partial charge in [0.2, 0.25) is 5.95 Å². The predicted octanol–water partition coefficient (Wildman–Crippen LogP) is -1.44. The molecule has 11 nitrogen and oxygen atoms in total. The van der Waals surface area contributed by atoms with Gasteiger partial charge in [-0.15, -0.1) is 0 Å². The van der Waals surface area contributed by atoms with Crippen LogP contribution in [0.15, 0.2) is 6.33 Å². The van der Waals surface area contributed by atoms with Gasteiger partial charge in [-0.1, -0.05) is 6.42 Å². The van der Waals surface area contributed by atoms with Crippen LogP contribution in [0.4, 0.5) is 11.8 Å². The SMILES string of the molecule is NCCCCCNc1nc(N)c2ncn([C@@H]3O[C@H](CO)[C@@H](O)[C@H]3O)c2n1. The molecule has 26 heavy (non-hydrogen) atoms. The molecular weight excluding hydrogens is 342 g/mol. The number of nitrogen functional groups attached to an aromatic ring is 1. The van der Waals surface area contributed by atoms with Crippen LogP contribution >= 0.6 is 0 Å². The van der Waals surface area contributed by atoms with Crippen molar-refractivity contribution in [2.24, 2.45) is 5.73 Å². The smallest absolute Gasteiger partial charge is 0.226 e. The average molecular weight is 367 g/mol. The van der Waals surface area contributed by atoms with Crippen molar-refractivity contribution in [2.45, 2.75) is 43.8 Å². The molecule has 2 aromatic heterocycles. The summed E-state index contributed by atoms with van der Waals surface area (Å²) in [6.45, 7) is 0.931. The van der Waals surface area contributed by atoms with Crippen LogP contribution in [0.5, 0.6) is 0 Å². The second kappa shape index (κ2) is 8.10. The van der Waals surface area contributed by atoms with E-state index in [0.717, 1.165) is 19.3 Å². The zero-order chi connectivity index (χ0) is 18.7. The summed E-state index contributed by atoms with van der Waals surface area (Å²) in [5.74, 6) is 0.543. The van der Waals surface area contributed by atoms with Crippen molar-refractivity contribution in [1.82, 2.24) is 19.5 Å². The van der Waals surface area contributed by atoms with E-state index in [2.05, 4.69) is 20.3 Å². The zero-order valence-corrected chi connectivity index (χ0v) is 14.3. The monoisotopic (exact) mass is 367 g/mol. The highest BCUT2D eigenvalue weighted by Crippen LogP contribution is 2.32. The van der Waals surface area contributed by atoms with Gasteiger partial charge >= 0.3 is 0 Å². The van der Waals surface area contributed by atoms with E-state index in [0.29, 0.717) is 30.2 Å². The molecular formula is C15H25N7O4. The lowest BCUT2D eigenvalue weighted by atomic mass is 10.1. The summed E-state index contributed by atoms with van der Waals surface area (Å²) < 4.78 is 7.01. The Morgan fingerprint density at radius 2 is 2.00 bits per heavy atom. The van der Waals surface area contributed by atoms with Gasteiger partial charge in [0.1, 0.15) is 23.8 Å². The van der Waals surface area contributed by atoms with Gasteiger partial charge in [-0.05, 0) is 19.4 Å². The van der Waals surface area contributed by atoms with Crippen LogP contribution < -0.4 is 16.8 Å². The lowest BCUT2D eigenvalue weighted by molar-refractivity contribution is -0.0511. The minimum absolute atomic E-state index is 0.199. The van der Waals surface area contributed by atoms with E-state index in [9.17, 15) is 15.3 Å². The molecule has 3 heterocycles. The fourth-order valence-electron chi connectivity index (χ4n) is 2.96. The Kier molecular flexibility index (Phi) is 5.84. The summed E-state index contributed by atoms with van der Waals surface area (Å²) in [4.78, 5) is 12.8. The topological polar surface area (TPSA) is 178 Å². The summed E-state index contributed by atoms with van der Waals surface area (Å²) in [5, 5.41) is 32.5. The number of nitrogens with zero attached hydrogens (tertiary/aromatic N) is 4. The Labute approximate surface area is 150 Å². The summed E-state index contributed by atoms with van der Waals surface area (Å²) in [6.07, 6.45) is 0.0535. The number of hydrogen-bond donors (Lipinski definition) is 6. The second-order valence-corrected chi connectivity index (χ2v) is 6.26. The van der Waals surface area contributed by atoms with E-state index in [-0.39, 0.29) is 5.82 Å². The fraction of sp³-hybridized carbons (Fsp3) is 0.667. The molecule has 0 aliphatic carbocycles. The third-order valence-electron chi connectivity index (χ3n) is 4.40. The third kappa shape index (κ3) is 3.57. The number of imidazole rings is 1. The average Bonchev–Trinajstić information content (AvgIpc) is 3.17. The number of aromatic nitrogens is 4. The Morgan fingerprint density at radius 3 is 2.69 bits per heavy atom. The number of hydrogen-bond acceptors (Lipinski definition) is 10.